The normalized spacial score (nSPS) is 15.7. The second-order valence-corrected chi connectivity index (χ2v) is 4.89. The highest BCUT2D eigenvalue weighted by atomic mass is 32.2. The third kappa shape index (κ3) is 1.97. The average Bonchev–Trinajstić information content (AvgIpc) is 2.57. The van der Waals surface area contributed by atoms with Crippen LogP contribution in [0.15, 0.2) is 41.3 Å². The van der Waals surface area contributed by atoms with Crippen molar-refractivity contribution in [2.45, 2.75) is 4.90 Å². The van der Waals surface area contributed by atoms with Crippen molar-refractivity contribution in [2.24, 2.45) is 5.14 Å². The molecular weight excluding hydrogens is 244 g/mol. The van der Waals surface area contributed by atoms with Crippen LogP contribution in [-0.2, 0) is 19.6 Å². The van der Waals surface area contributed by atoms with Crippen LogP contribution in [0.4, 0.5) is 5.69 Å². The van der Waals surface area contributed by atoms with E-state index in [9.17, 15) is 18.0 Å². The maximum atomic E-state index is 11.4. The van der Waals surface area contributed by atoms with Crippen LogP contribution >= 0.6 is 0 Å². The van der Waals surface area contributed by atoms with Crippen molar-refractivity contribution in [3.8, 4) is 0 Å². The largest absolute Gasteiger partial charge is 0.269 e. The number of anilines is 1. The Balaban J connectivity index is 2.62. The van der Waals surface area contributed by atoms with E-state index >= 15 is 0 Å². The molecule has 1 aromatic carbocycles. The SMILES string of the molecule is NS(=O)(=O)c1ccccc1N1C(=O)C=CC1=O. The number of benzene rings is 1. The minimum absolute atomic E-state index is 0.0324. The summed E-state index contributed by atoms with van der Waals surface area (Å²) >= 11 is 0. The van der Waals surface area contributed by atoms with Gasteiger partial charge in [-0.2, -0.15) is 0 Å². The molecule has 0 fully saturated rings. The summed E-state index contributed by atoms with van der Waals surface area (Å²) in [6.45, 7) is 0. The van der Waals surface area contributed by atoms with E-state index < -0.39 is 21.8 Å². The third-order valence-corrected chi connectivity index (χ3v) is 3.18. The van der Waals surface area contributed by atoms with E-state index in [0.717, 1.165) is 17.1 Å². The number of hydrogen-bond donors (Lipinski definition) is 1. The van der Waals surface area contributed by atoms with Crippen LogP contribution in [-0.4, -0.2) is 20.2 Å². The maximum Gasteiger partial charge on any atom is 0.258 e. The van der Waals surface area contributed by atoms with E-state index in [1.807, 2.05) is 0 Å². The molecule has 6 nitrogen and oxygen atoms in total. The zero-order chi connectivity index (χ0) is 12.6. The molecule has 0 spiro atoms. The maximum absolute atomic E-state index is 11.4. The number of rotatable bonds is 2. The molecule has 0 bridgehead atoms. The summed E-state index contributed by atoms with van der Waals surface area (Å²) in [7, 11) is -3.99. The fourth-order valence-corrected chi connectivity index (χ4v) is 2.24. The Kier molecular flexibility index (Phi) is 2.56. The number of carbonyl (C=O) groups excluding carboxylic acids is 2. The molecule has 2 rings (SSSR count). The first-order valence-corrected chi connectivity index (χ1v) is 6.14. The topological polar surface area (TPSA) is 97.5 Å². The molecule has 1 aromatic rings. The molecule has 0 radical (unpaired) electrons. The number of imide groups is 1. The molecule has 2 N–H and O–H groups in total. The first kappa shape index (κ1) is 11.5. The molecule has 0 saturated heterocycles. The van der Waals surface area contributed by atoms with E-state index in [0.29, 0.717) is 0 Å². The lowest BCUT2D eigenvalue weighted by Crippen LogP contribution is -2.31. The van der Waals surface area contributed by atoms with Crippen molar-refractivity contribution in [2.75, 3.05) is 4.90 Å². The van der Waals surface area contributed by atoms with Gasteiger partial charge in [0.2, 0.25) is 10.0 Å². The van der Waals surface area contributed by atoms with E-state index in [-0.39, 0.29) is 10.6 Å². The third-order valence-electron chi connectivity index (χ3n) is 2.22. The van der Waals surface area contributed by atoms with Crippen molar-refractivity contribution in [3.05, 3.63) is 36.4 Å². The molecule has 0 saturated carbocycles. The molecule has 0 aromatic heterocycles. The van der Waals surface area contributed by atoms with Gasteiger partial charge in [-0.15, -0.1) is 0 Å². The Hall–Kier alpha value is -1.99. The highest BCUT2D eigenvalue weighted by Gasteiger charge is 2.29. The predicted octanol–water partition coefficient (Wildman–Crippen LogP) is -0.237. The summed E-state index contributed by atoms with van der Waals surface area (Å²) in [6, 6.07) is 5.57. The molecule has 0 unspecified atom stereocenters. The van der Waals surface area contributed by atoms with Gasteiger partial charge < -0.3 is 0 Å². The van der Waals surface area contributed by atoms with Gasteiger partial charge >= 0.3 is 0 Å². The van der Waals surface area contributed by atoms with Crippen LogP contribution < -0.4 is 10.0 Å². The van der Waals surface area contributed by atoms with Gasteiger partial charge in [0.25, 0.3) is 11.8 Å². The van der Waals surface area contributed by atoms with Gasteiger partial charge in [0.05, 0.1) is 5.69 Å². The van der Waals surface area contributed by atoms with Crippen molar-refractivity contribution < 1.29 is 18.0 Å². The van der Waals surface area contributed by atoms with Gasteiger partial charge in [-0.1, -0.05) is 12.1 Å². The van der Waals surface area contributed by atoms with Gasteiger partial charge in [0.15, 0.2) is 0 Å². The summed E-state index contributed by atoms with van der Waals surface area (Å²) in [5.74, 6) is -1.18. The Morgan fingerprint density at radius 1 is 1.00 bits per heavy atom. The molecule has 0 aliphatic carbocycles. The van der Waals surface area contributed by atoms with E-state index in [1.54, 1.807) is 0 Å². The minimum Gasteiger partial charge on any atom is -0.269 e. The minimum atomic E-state index is -3.99. The van der Waals surface area contributed by atoms with Crippen LogP contribution in [0, 0.1) is 0 Å². The summed E-state index contributed by atoms with van der Waals surface area (Å²) in [5.41, 5.74) is -0.0324. The van der Waals surface area contributed by atoms with E-state index in [1.165, 1.54) is 24.3 Å². The molecule has 88 valence electrons. The molecule has 1 aliphatic heterocycles. The number of carbonyl (C=O) groups is 2. The van der Waals surface area contributed by atoms with Crippen LogP contribution in [0.2, 0.25) is 0 Å². The Bertz CT molecular complexity index is 615. The smallest absolute Gasteiger partial charge is 0.258 e. The number of para-hydroxylation sites is 1. The van der Waals surface area contributed by atoms with Crippen molar-refractivity contribution in [1.29, 1.82) is 0 Å². The molecule has 2 amide bonds. The molecule has 7 heteroatoms. The Labute approximate surface area is 97.4 Å². The number of primary sulfonamides is 1. The number of nitrogens with zero attached hydrogens (tertiary/aromatic N) is 1. The molecule has 17 heavy (non-hydrogen) atoms. The summed E-state index contributed by atoms with van der Waals surface area (Å²) in [4.78, 5) is 23.4. The number of hydrogen-bond acceptors (Lipinski definition) is 4. The quantitative estimate of drug-likeness (QED) is 0.735. The molecule has 1 heterocycles. The lowest BCUT2D eigenvalue weighted by Gasteiger charge is -2.16. The Morgan fingerprint density at radius 3 is 2.06 bits per heavy atom. The van der Waals surface area contributed by atoms with E-state index in [2.05, 4.69) is 0 Å². The van der Waals surface area contributed by atoms with Crippen molar-refractivity contribution in [1.82, 2.24) is 0 Å². The van der Waals surface area contributed by atoms with E-state index in [4.69, 9.17) is 5.14 Å². The van der Waals surface area contributed by atoms with Crippen molar-refractivity contribution in [3.63, 3.8) is 0 Å². The van der Waals surface area contributed by atoms with Crippen LogP contribution in [0.5, 0.6) is 0 Å². The lowest BCUT2D eigenvalue weighted by molar-refractivity contribution is -0.120. The summed E-state index contributed by atoms with van der Waals surface area (Å²) in [6.07, 6.45) is 2.14. The average molecular weight is 252 g/mol. The second kappa shape index (κ2) is 3.79. The standard InChI is InChI=1S/C10H8N2O4S/c11-17(15,16)8-4-2-1-3-7(8)12-9(13)5-6-10(12)14/h1-6H,(H2,11,15,16). The Morgan fingerprint density at radius 2 is 1.53 bits per heavy atom. The molecule has 1 aliphatic rings. The van der Waals surface area contributed by atoms with Crippen LogP contribution in [0.25, 0.3) is 0 Å². The van der Waals surface area contributed by atoms with Gasteiger partial charge in [-0.05, 0) is 12.1 Å². The second-order valence-electron chi connectivity index (χ2n) is 3.36. The molecule has 0 atom stereocenters. The zero-order valence-electron chi connectivity index (χ0n) is 8.53. The predicted molar refractivity (Wildman–Crippen MR) is 59.4 cm³/mol. The first-order chi connectivity index (χ1) is 7.91. The fraction of sp³-hybridized carbons (Fsp3) is 0. The zero-order valence-corrected chi connectivity index (χ0v) is 9.35. The first-order valence-electron chi connectivity index (χ1n) is 4.59. The van der Waals surface area contributed by atoms with Crippen LogP contribution in [0.3, 0.4) is 0 Å². The van der Waals surface area contributed by atoms with Gasteiger partial charge in [-0.25, -0.2) is 18.5 Å². The monoisotopic (exact) mass is 252 g/mol. The summed E-state index contributed by atoms with van der Waals surface area (Å²) < 4.78 is 22.7. The van der Waals surface area contributed by atoms with Crippen molar-refractivity contribution >= 4 is 27.5 Å². The highest BCUT2D eigenvalue weighted by molar-refractivity contribution is 7.89. The van der Waals surface area contributed by atoms with Gasteiger partial charge in [-0.3, -0.25) is 9.59 Å². The highest BCUT2D eigenvalue weighted by Crippen LogP contribution is 2.26. The fourth-order valence-electron chi connectivity index (χ4n) is 1.52. The number of nitrogens with two attached hydrogens (primary N) is 1. The summed E-state index contributed by atoms with van der Waals surface area (Å²) in [5, 5.41) is 5.02. The number of amides is 2. The molecular formula is C10H8N2O4S. The number of sulfonamides is 1. The van der Waals surface area contributed by atoms with Gasteiger partial charge in [0, 0.05) is 12.2 Å². The van der Waals surface area contributed by atoms with Gasteiger partial charge in [0.1, 0.15) is 4.90 Å². The van der Waals surface area contributed by atoms with Crippen LogP contribution in [0.1, 0.15) is 0 Å². The lowest BCUT2D eigenvalue weighted by atomic mass is 10.3.